The average molecular weight is 690 g/mol. The molecule has 15 heteroatoms. The first-order chi connectivity index (χ1) is 23.5. The maximum atomic E-state index is 11.2. The summed E-state index contributed by atoms with van der Waals surface area (Å²) in [5.41, 5.74) is 1.69. The van der Waals surface area contributed by atoms with Crippen molar-refractivity contribution in [2.75, 3.05) is 79.3 Å². The fourth-order valence-electron chi connectivity index (χ4n) is 4.28. The van der Waals surface area contributed by atoms with Crippen LogP contribution in [0.5, 0.6) is 11.5 Å². The van der Waals surface area contributed by atoms with Crippen LogP contribution in [0.2, 0.25) is 5.02 Å². The van der Waals surface area contributed by atoms with E-state index in [4.69, 9.17) is 49.5 Å². The predicted molar refractivity (Wildman–Crippen MR) is 175 cm³/mol. The summed E-state index contributed by atoms with van der Waals surface area (Å²) in [4.78, 5) is 10.5. The van der Waals surface area contributed by atoms with Gasteiger partial charge in [0.1, 0.15) is 24.2 Å². The van der Waals surface area contributed by atoms with Crippen molar-refractivity contribution in [1.82, 2.24) is 0 Å². The third-order valence-corrected chi connectivity index (χ3v) is 6.99. The first kappa shape index (κ1) is 37.1. The van der Waals surface area contributed by atoms with Gasteiger partial charge in [0.2, 0.25) is 0 Å². The number of hydrogen-bond donors (Lipinski definition) is 1. The van der Waals surface area contributed by atoms with E-state index in [1.807, 2.05) is 0 Å². The summed E-state index contributed by atoms with van der Waals surface area (Å²) < 4.78 is 45.6. The van der Waals surface area contributed by atoms with Crippen molar-refractivity contribution in [2.24, 2.45) is 10.2 Å². The number of nitro groups is 1. The van der Waals surface area contributed by atoms with Gasteiger partial charge in [-0.15, -0.1) is 0 Å². The Kier molecular flexibility index (Phi) is 16.4. The van der Waals surface area contributed by atoms with Gasteiger partial charge in [-0.3, -0.25) is 10.1 Å². The summed E-state index contributed by atoms with van der Waals surface area (Å²) in [6.07, 6.45) is -0.410. The van der Waals surface area contributed by atoms with Crippen LogP contribution in [0.15, 0.2) is 70.9 Å². The van der Waals surface area contributed by atoms with Gasteiger partial charge in [0.25, 0.3) is 5.69 Å². The van der Waals surface area contributed by atoms with Gasteiger partial charge in [0.05, 0.1) is 102 Å². The van der Waals surface area contributed by atoms with E-state index in [9.17, 15) is 15.2 Å². The molecule has 0 saturated carbocycles. The van der Waals surface area contributed by atoms with Gasteiger partial charge >= 0.3 is 0 Å². The van der Waals surface area contributed by atoms with Crippen molar-refractivity contribution < 1.29 is 47.9 Å². The molecule has 0 spiro atoms. The molecule has 1 aliphatic heterocycles. The number of nitrogens with zero attached hydrogens (tertiary/aromatic N) is 3. The fourth-order valence-corrected chi connectivity index (χ4v) is 4.41. The van der Waals surface area contributed by atoms with E-state index in [0.717, 1.165) is 0 Å². The van der Waals surface area contributed by atoms with Crippen LogP contribution >= 0.6 is 11.6 Å². The minimum Gasteiger partial charge on any atom is -0.507 e. The van der Waals surface area contributed by atoms with Gasteiger partial charge in [-0.1, -0.05) is 11.6 Å². The van der Waals surface area contributed by atoms with Gasteiger partial charge in [0.15, 0.2) is 0 Å². The van der Waals surface area contributed by atoms with Crippen LogP contribution in [0.25, 0.3) is 0 Å². The predicted octanol–water partition coefficient (Wildman–Crippen LogP) is 5.95. The highest BCUT2D eigenvalue weighted by atomic mass is 35.5. The van der Waals surface area contributed by atoms with Crippen molar-refractivity contribution in [3.05, 3.63) is 86.9 Å². The van der Waals surface area contributed by atoms with E-state index < -0.39 is 11.0 Å². The van der Waals surface area contributed by atoms with Crippen LogP contribution in [0.4, 0.5) is 17.1 Å². The number of halogens is 1. The number of azo groups is 1. The SMILES string of the molecule is O=[N+]([O-])c1ccc(N=Nc2cc(COCC3COCCOCCOCCOCCOCCO3)c(O)c(COc3ccc(Cl)cc3)c2)cc1. The van der Waals surface area contributed by atoms with E-state index in [0.29, 0.717) is 99.3 Å². The zero-order chi connectivity index (χ0) is 33.8. The molecule has 3 aromatic carbocycles. The van der Waals surface area contributed by atoms with Gasteiger partial charge in [-0.2, -0.15) is 10.2 Å². The van der Waals surface area contributed by atoms with Crippen LogP contribution in [0.1, 0.15) is 11.1 Å². The Bertz CT molecular complexity index is 1390. The topological polar surface area (TPSA) is 162 Å². The Morgan fingerprint density at radius 1 is 0.750 bits per heavy atom. The second kappa shape index (κ2) is 21.3. The highest BCUT2D eigenvalue weighted by Crippen LogP contribution is 2.32. The first-order valence-electron chi connectivity index (χ1n) is 15.5. The molecule has 14 nitrogen and oxygen atoms in total. The zero-order valence-corrected chi connectivity index (χ0v) is 27.3. The second-order valence-electron chi connectivity index (χ2n) is 10.4. The molecule has 0 radical (unpaired) electrons. The number of nitro benzene ring substituents is 1. The van der Waals surface area contributed by atoms with Crippen molar-refractivity contribution in [3.8, 4) is 11.5 Å². The molecule has 1 heterocycles. The third-order valence-electron chi connectivity index (χ3n) is 6.74. The third kappa shape index (κ3) is 13.8. The Hall–Kier alpha value is -3.73. The number of benzene rings is 3. The number of hydrogen-bond acceptors (Lipinski definition) is 13. The molecule has 48 heavy (non-hydrogen) atoms. The molecular formula is C33H40ClN3O11. The molecule has 1 fully saturated rings. The van der Waals surface area contributed by atoms with Crippen molar-refractivity contribution in [2.45, 2.75) is 19.3 Å². The smallest absolute Gasteiger partial charge is 0.269 e. The lowest BCUT2D eigenvalue weighted by Gasteiger charge is -2.19. The van der Waals surface area contributed by atoms with E-state index in [1.165, 1.54) is 24.3 Å². The van der Waals surface area contributed by atoms with Gasteiger partial charge in [0, 0.05) is 28.3 Å². The highest BCUT2D eigenvalue weighted by Gasteiger charge is 2.15. The van der Waals surface area contributed by atoms with Gasteiger partial charge in [-0.25, -0.2) is 0 Å². The minimum absolute atomic E-state index is 0.0168. The first-order valence-corrected chi connectivity index (χ1v) is 15.8. The van der Waals surface area contributed by atoms with E-state index in [-0.39, 0.29) is 37.9 Å². The lowest BCUT2D eigenvalue weighted by molar-refractivity contribution is -0.384. The summed E-state index contributed by atoms with van der Waals surface area (Å²) >= 11 is 5.99. The highest BCUT2D eigenvalue weighted by molar-refractivity contribution is 6.30. The molecule has 3 aromatic rings. The Balaban J connectivity index is 1.41. The molecule has 260 valence electrons. The zero-order valence-electron chi connectivity index (χ0n) is 26.5. The maximum absolute atomic E-state index is 11.2. The Morgan fingerprint density at radius 2 is 1.29 bits per heavy atom. The quantitative estimate of drug-likeness (QED) is 0.152. The minimum atomic E-state index is -0.487. The van der Waals surface area contributed by atoms with Crippen LogP contribution in [0, 0.1) is 10.1 Å². The monoisotopic (exact) mass is 689 g/mol. The lowest BCUT2D eigenvalue weighted by Crippen LogP contribution is -2.28. The van der Waals surface area contributed by atoms with E-state index in [2.05, 4.69) is 10.2 Å². The molecule has 0 amide bonds. The molecule has 4 rings (SSSR count). The van der Waals surface area contributed by atoms with Crippen LogP contribution in [0.3, 0.4) is 0 Å². The number of phenolic OH excluding ortho intramolecular Hbond substituents is 1. The molecule has 1 saturated heterocycles. The average Bonchev–Trinajstić information content (AvgIpc) is 3.09. The summed E-state index contributed by atoms with van der Waals surface area (Å²) in [6, 6.07) is 15.8. The number of phenols is 1. The fraction of sp³-hybridized carbons (Fsp3) is 0.455. The largest absolute Gasteiger partial charge is 0.507 e. The van der Waals surface area contributed by atoms with Crippen LogP contribution in [-0.2, 0) is 46.4 Å². The van der Waals surface area contributed by atoms with Crippen LogP contribution < -0.4 is 4.74 Å². The van der Waals surface area contributed by atoms with Crippen molar-refractivity contribution in [3.63, 3.8) is 0 Å². The Morgan fingerprint density at radius 3 is 1.90 bits per heavy atom. The van der Waals surface area contributed by atoms with E-state index in [1.54, 1.807) is 36.4 Å². The molecule has 0 aliphatic carbocycles. The van der Waals surface area contributed by atoms with Gasteiger partial charge < -0.3 is 43.0 Å². The van der Waals surface area contributed by atoms with Gasteiger partial charge in [-0.05, 0) is 48.5 Å². The summed E-state index contributed by atoms with van der Waals surface area (Å²) in [5, 5.41) is 31.2. The molecule has 1 aliphatic rings. The molecule has 0 aromatic heterocycles. The lowest BCUT2D eigenvalue weighted by atomic mass is 10.1. The summed E-state index contributed by atoms with van der Waals surface area (Å²) in [6.45, 7) is 4.77. The summed E-state index contributed by atoms with van der Waals surface area (Å²) in [7, 11) is 0. The molecule has 1 N–H and O–H groups in total. The number of ether oxygens (including phenoxy) is 8. The van der Waals surface area contributed by atoms with Crippen molar-refractivity contribution >= 4 is 28.7 Å². The number of rotatable bonds is 10. The number of aromatic hydroxyl groups is 1. The normalized spacial score (nSPS) is 17.8. The number of non-ortho nitro benzene ring substituents is 1. The standard InChI is InChI=1S/C33H40ClN3O11/c34-27-1-7-31(8-2-27)48-22-26-20-29(36-35-28-3-5-30(6-4-28)37(39)40)19-25(33(26)38)21-46-24-32-23-45-16-15-43-12-11-41-9-10-42-13-14-44-17-18-47-32/h1-8,19-20,32,38H,9-18,21-24H2. The Labute approximate surface area is 283 Å². The maximum Gasteiger partial charge on any atom is 0.269 e. The summed E-state index contributed by atoms with van der Waals surface area (Å²) in [5.74, 6) is 0.546. The molecule has 0 bridgehead atoms. The molecular weight excluding hydrogens is 650 g/mol. The molecule has 1 atom stereocenters. The van der Waals surface area contributed by atoms with Crippen LogP contribution in [-0.4, -0.2) is 95.4 Å². The molecule has 1 unspecified atom stereocenters. The van der Waals surface area contributed by atoms with Crippen molar-refractivity contribution in [1.29, 1.82) is 0 Å². The second-order valence-corrected chi connectivity index (χ2v) is 10.8. The van der Waals surface area contributed by atoms with E-state index >= 15 is 0 Å².